The number of aromatic nitrogens is 1. The van der Waals surface area contributed by atoms with Gasteiger partial charge in [0.05, 0.1) is 73.4 Å². The van der Waals surface area contributed by atoms with Crippen LogP contribution >= 0.6 is 11.3 Å². The second-order valence-corrected chi connectivity index (χ2v) is 9.45. The second kappa shape index (κ2) is 11.6. The highest BCUT2D eigenvalue weighted by Gasteiger charge is 2.34. The Bertz CT molecular complexity index is 1700. The smallest absolute Gasteiger partial charge is 0.338 e. The molecule has 0 saturated carbocycles. The second-order valence-electron chi connectivity index (χ2n) is 8.44. The quantitative estimate of drug-likeness (QED) is 0.216. The van der Waals surface area contributed by atoms with Crippen LogP contribution in [-0.4, -0.2) is 50.5 Å². The lowest BCUT2D eigenvalue weighted by Gasteiger charge is -2.25. The van der Waals surface area contributed by atoms with E-state index in [9.17, 15) is 19.7 Å². The topological polar surface area (TPSA) is 141 Å². The summed E-state index contributed by atoms with van der Waals surface area (Å²) in [5.41, 5.74) is 0.482. The van der Waals surface area contributed by atoms with E-state index in [-0.39, 0.29) is 39.5 Å². The van der Waals surface area contributed by atoms with Crippen LogP contribution in [0.4, 0.5) is 5.69 Å². The highest BCUT2D eigenvalue weighted by molar-refractivity contribution is 7.07. The van der Waals surface area contributed by atoms with E-state index in [0.717, 1.165) is 11.3 Å². The molecular weight excluding hydrogens is 542 g/mol. The fraction of sp³-hybridized carbons (Fsp3) is 0.296. The third kappa shape index (κ3) is 5.02. The predicted molar refractivity (Wildman–Crippen MR) is 146 cm³/mol. The van der Waals surface area contributed by atoms with E-state index in [2.05, 4.69) is 4.99 Å². The maximum Gasteiger partial charge on any atom is 0.338 e. The van der Waals surface area contributed by atoms with Crippen molar-refractivity contribution in [2.24, 2.45) is 4.99 Å². The zero-order valence-corrected chi connectivity index (χ0v) is 23.5. The largest absolute Gasteiger partial charge is 0.493 e. The van der Waals surface area contributed by atoms with E-state index in [1.165, 1.54) is 51.2 Å². The maximum atomic E-state index is 13.9. The van der Waals surface area contributed by atoms with Crippen molar-refractivity contribution >= 4 is 29.1 Å². The number of hydrogen-bond donors (Lipinski definition) is 0. The lowest BCUT2D eigenvalue weighted by atomic mass is 9.95. The van der Waals surface area contributed by atoms with Crippen molar-refractivity contribution in [2.45, 2.75) is 19.9 Å². The molecule has 2 aromatic carbocycles. The van der Waals surface area contributed by atoms with Gasteiger partial charge in [-0.1, -0.05) is 17.4 Å². The van der Waals surface area contributed by atoms with E-state index in [1.54, 1.807) is 32.0 Å². The standard InChI is InChI=1S/C27H27N3O9S/c1-7-39-26(32)23-14(2)28-27-29(24(23)15-8-9-18(35-3)19(10-15)36-4)25(31)22(40-27)12-16-11-20(37-5)21(38-6)13-17(16)30(33)34/h8-13,24H,7H2,1-6H3/b22-12+. The zero-order chi connectivity index (χ0) is 29.1. The van der Waals surface area contributed by atoms with Gasteiger partial charge in [-0.3, -0.25) is 19.5 Å². The summed E-state index contributed by atoms with van der Waals surface area (Å²) in [5.74, 6) is 0.693. The van der Waals surface area contributed by atoms with Crippen LogP contribution in [0.1, 0.15) is 31.0 Å². The molecule has 0 fully saturated rings. The van der Waals surface area contributed by atoms with Crippen LogP contribution in [0.25, 0.3) is 6.08 Å². The predicted octanol–water partition coefficient (Wildman–Crippen LogP) is 2.74. The number of esters is 1. The number of nitrogens with zero attached hydrogens (tertiary/aromatic N) is 3. The Morgan fingerprint density at radius 2 is 1.68 bits per heavy atom. The van der Waals surface area contributed by atoms with Crippen molar-refractivity contribution in [2.75, 3.05) is 35.0 Å². The van der Waals surface area contributed by atoms with Gasteiger partial charge in [0.15, 0.2) is 27.8 Å². The lowest BCUT2D eigenvalue weighted by Crippen LogP contribution is -2.40. The summed E-state index contributed by atoms with van der Waals surface area (Å²) >= 11 is 1.04. The van der Waals surface area contributed by atoms with E-state index < -0.39 is 22.5 Å². The maximum absolute atomic E-state index is 13.9. The first-order chi connectivity index (χ1) is 19.2. The van der Waals surface area contributed by atoms with Crippen molar-refractivity contribution in [3.63, 3.8) is 0 Å². The van der Waals surface area contributed by atoms with Gasteiger partial charge in [0.2, 0.25) is 0 Å². The SMILES string of the molecule is CCOC(=O)C1=C(C)N=c2s/c(=C/c3cc(OC)c(OC)cc3[N+](=O)[O-])c(=O)n2C1c1ccc(OC)c(OC)c1. The average molecular weight is 570 g/mol. The zero-order valence-electron chi connectivity index (χ0n) is 22.7. The van der Waals surface area contributed by atoms with Gasteiger partial charge in [-0.2, -0.15) is 0 Å². The molecule has 0 spiro atoms. The van der Waals surface area contributed by atoms with Crippen molar-refractivity contribution < 1.29 is 33.4 Å². The lowest BCUT2D eigenvalue weighted by molar-refractivity contribution is -0.385. The summed E-state index contributed by atoms with van der Waals surface area (Å²) in [4.78, 5) is 43.1. The van der Waals surface area contributed by atoms with Gasteiger partial charge in [-0.25, -0.2) is 9.79 Å². The Morgan fingerprint density at radius 1 is 1.05 bits per heavy atom. The molecule has 0 amide bonds. The minimum atomic E-state index is -0.905. The number of benzene rings is 2. The fourth-order valence-electron chi connectivity index (χ4n) is 4.43. The number of nitro groups is 1. The molecule has 2 heterocycles. The Kier molecular flexibility index (Phi) is 8.24. The Labute approximate surface area is 232 Å². The van der Waals surface area contributed by atoms with E-state index in [0.29, 0.717) is 27.6 Å². The van der Waals surface area contributed by atoms with Gasteiger partial charge in [-0.05, 0) is 43.7 Å². The molecule has 0 radical (unpaired) electrons. The number of nitro benzene ring substituents is 1. The third-order valence-electron chi connectivity index (χ3n) is 6.26. The van der Waals surface area contributed by atoms with Crippen molar-refractivity contribution in [3.8, 4) is 23.0 Å². The number of thiazole rings is 1. The van der Waals surface area contributed by atoms with Crippen LogP contribution in [0.5, 0.6) is 23.0 Å². The minimum Gasteiger partial charge on any atom is -0.493 e. The first-order valence-electron chi connectivity index (χ1n) is 12.0. The molecular formula is C27H27N3O9S. The summed E-state index contributed by atoms with van der Waals surface area (Å²) in [5, 5.41) is 11.8. The summed E-state index contributed by atoms with van der Waals surface area (Å²) in [6, 6.07) is 6.83. The number of allylic oxidation sites excluding steroid dienone is 1. The summed E-state index contributed by atoms with van der Waals surface area (Å²) in [7, 11) is 5.76. The number of fused-ring (bicyclic) bond motifs is 1. The Hall–Kier alpha value is -4.65. The van der Waals surface area contributed by atoms with Gasteiger partial charge in [0.25, 0.3) is 11.2 Å². The van der Waals surface area contributed by atoms with Crippen LogP contribution in [-0.2, 0) is 9.53 Å². The molecule has 0 N–H and O–H groups in total. The van der Waals surface area contributed by atoms with Gasteiger partial charge in [0, 0.05) is 0 Å². The van der Waals surface area contributed by atoms with Crippen LogP contribution in [0, 0.1) is 10.1 Å². The first-order valence-corrected chi connectivity index (χ1v) is 12.8. The van der Waals surface area contributed by atoms with Crippen LogP contribution in [0.2, 0.25) is 0 Å². The van der Waals surface area contributed by atoms with Gasteiger partial charge in [-0.15, -0.1) is 0 Å². The summed E-state index contributed by atoms with van der Waals surface area (Å²) < 4.78 is 28.2. The number of carbonyl (C=O) groups excluding carboxylic acids is 1. The Balaban J connectivity index is 2.01. The van der Waals surface area contributed by atoms with Crippen molar-refractivity contribution in [1.82, 2.24) is 4.57 Å². The van der Waals surface area contributed by atoms with Gasteiger partial charge >= 0.3 is 5.97 Å². The minimum absolute atomic E-state index is 0.127. The van der Waals surface area contributed by atoms with Crippen LogP contribution < -0.4 is 33.8 Å². The molecule has 1 aliphatic heterocycles. The number of ether oxygens (including phenoxy) is 5. The molecule has 4 rings (SSSR count). The number of rotatable bonds is 9. The van der Waals surface area contributed by atoms with Crippen LogP contribution in [0.3, 0.4) is 0 Å². The highest BCUT2D eigenvalue weighted by Crippen LogP contribution is 2.37. The van der Waals surface area contributed by atoms with E-state index in [1.807, 2.05) is 0 Å². The van der Waals surface area contributed by atoms with Gasteiger partial charge in [0.1, 0.15) is 0 Å². The Morgan fingerprint density at radius 3 is 2.27 bits per heavy atom. The monoisotopic (exact) mass is 569 g/mol. The number of carbonyl (C=O) groups is 1. The number of hydrogen-bond acceptors (Lipinski definition) is 11. The normalized spacial score (nSPS) is 14.8. The third-order valence-corrected chi connectivity index (χ3v) is 7.24. The molecule has 3 aromatic rings. The molecule has 1 aliphatic rings. The highest BCUT2D eigenvalue weighted by atomic mass is 32.1. The summed E-state index contributed by atoms with van der Waals surface area (Å²) in [6.07, 6.45) is 1.40. The molecule has 0 bridgehead atoms. The molecule has 13 heteroatoms. The molecule has 1 aromatic heterocycles. The summed E-state index contributed by atoms with van der Waals surface area (Å²) in [6.45, 7) is 3.47. The molecule has 1 unspecified atom stereocenters. The fourth-order valence-corrected chi connectivity index (χ4v) is 5.47. The number of methoxy groups -OCH3 is 4. The van der Waals surface area contributed by atoms with Gasteiger partial charge < -0.3 is 23.7 Å². The van der Waals surface area contributed by atoms with Crippen molar-refractivity contribution in [3.05, 3.63) is 82.5 Å². The molecule has 1 atom stereocenters. The molecule has 12 nitrogen and oxygen atoms in total. The van der Waals surface area contributed by atoms with Crippen molar-refractivity contribution in [1.29, 1.82) is 0 Å². The van der Waals surface area contributed by atoms with E-state index >= 15 is 0 Å². The molecule has 0 aliphatic carbocycles. The average Bonchev–Trinajstić information content (AvgIpc) is 3.25. The van der Waals surface area contributed by atoms with Crippen LogP contribution in [0.15, 0.2) is 51.4 Å². The molecule has 210 valence electrons. The molecule has 40 heavy (non-hydrogen) atoms. The molecule has 0 saturated heterocycles. The van der Waals surface area contributed by atoms with E-state index in [4.69, 9.17) is 23.7 Å². The first kappa shape index (κ1) is 28.4.